The molecule has 2 atom stereocenters. The summed E-state index contributed by atoms with van der Waals surface area (Å²) in [5.41, 5.74) is 1.06. The van der Waals surface area contributed by atoms with Crippen molar-refractivity contribution in [3.63, 3.8) is 0 Å². The molecule has 0 aliphatic heterocycles. The van der Waals surface area contributed by atoms with Crippen LogP contribution in [0.3, 0.4) is 0 Å². The first kappa shape index (κ1) is 14.7. The minimum atomic E-state index is -0.131. The van der Waals surface area contributed by atoms with E-state index < -0.39 is 0 Å². The zero-order valence-corrected chi connectivity index (χ0v) is 11.7. The molecular formula is C16H24O2. The summed E-state index contributed by atoms with van der Waals surface area (Å²) in [6.07, 6.45) is 2.96. The Kier molecular flexibility index (Phi) is 6.48. The molecule has 0 aromatic heterocycles. The van der Waals surface area contributed by atoms with E-state index in [9.17, 15) is 4.79 Å². The molecule has 0 spiro atoms. The summed E-state index contributed by atoms with van der Waals surface area (Å²) in [6, 6.07) is 9.95. The summed E-state index contributed by atoms with van der Waals surface area (Å²) in [5.74, 6) is 0.0959. The monoisotopic (exact) mass is 248 g/mol. The largest absolute Gasteiger partial charge is 0.465 e. The fraction of sp³-hybridized carbons (Fsp3) is 0.562. The van der Waals surface area contributed by atoms with Crippen molar-refractivity contribution in [3.8, 4) is 0 Å². The summed E-state index contributed by atoms with van der Waals surface area (Å²) in [6.45, 7) is 6.85. The van der Waals surface area contributed by atoms with Crippen LogP contribution < -0.4 is 0 Å². The molecular weight excluding hydrogens is 224 g/mol. The highest BCUT2D eigenvalue weighted by Crippen LogP contribution is 2.28. The molecule has 0 N–H and O–H groups in total. The van der Waals surface area contributed by atoms with Crippen LogP contribution in [0.5, 0.6) is 0 Å². The normalized spacial score (nSPS) is 13.9. The van der Waals surface area contributed by atoms with Crippen LogP contribution in [0.2, 0.25) is 0 Å². The summed E-state index contributed by atoms with van der Waals surface area (Å²) >= 11 is 0. The molecule has 0 heterocycles. The highest BCUT2D eigenvalue weighted by molar-refractivity contribution is 5.78. The lowest BCUT2D eigenvalue weighted by atomic mass is 9.86. The lowest BCUT2D eigenvalue weighted by Gasteiger charge is -2.21. The SMILES string of the molecule is CCCCOC(=O)C(c1ccccc1)C(C)CC. The molecule has 18 heavy (non-hydrogen) atoms. The number of benzene rings is 1. The van der Waals surface area contributed by atoms with Gasteiger partial charge in [0.1, 0.15) is 0 Å². The van der Waals surface area contributed by atoms with Crippen molar-refractivity contribution in [1.82, 2.24) is 0 Å². The molecule has 0 bridgehead atoms. The number of ether oxygens (including phenoxy) is 1. The van der Waals surface area contributed by atoms with E-state index in [1.165, 1.54) is 0 Å². The Morgan fingerprint density at radius 3 is 2.44 bits per heavy atom. The minimum Gasteiger partial charge on any atom is -0.465 e. The second-order valence-electron chi connectivity index (χ2n) is 4.79. The first-order valence-electron chi connectivity index (χ1n) is 6.92. The summed E-state index contributed by atoms with van der Waals surface area (Å²) in [5, 5.41) is 0. The predicted octanol–water partition coefficient (Wildman–Crippen LogP) is 4.16. The first-order valence-corrected chi connectivity index (χ1v) is 6.92. The van der Waals surface area contributed by atoms with Crippen molar-refractivity contribution in [1.29, 1.82) is 0 Å². The van der Waals surface area contributed by atoms with Crippen LogP contribution in [0.15, 0.2) is 30.3 Å². The van der Waals surface area contributed by atoms with Crippen molar-refractivity contribution in [3.05, 3.63) is 35.9 Å². The Bertz CT molecular complexity index is 345. The third-order valence-corrected chi connectivity index (χ3v) is 3.37. The number of carbonyl (C=O) groups excluding carboxylic acids is 1. The number of hydrogen-bond donors (Lipinski definition) is 0. The highest BCUT2D eigenvalue weighted by Gasteiger charge is 2.26. The van der Waals surface area contributed by atoms with E-state index in [2.05, 4.69) is 20.8 Å². The Labute approximate surface area is 110 Å². The Hall–Kier alpha value is -1.31. The number of esters is 1. The van der Waals surface area contributed by atoms with Crippen LogP contribution in [0.4, 0.5) is 0 Å². The molecule has 0 radical (unpaired) electrons. The van der Waals surface area contributed by atoms with Crippen LogP contribution in [-0.4, -0.2) is 12.6 Å². The van der Waals surface area contributed by atoms with Crippen LogP contribution in [-0.2, 0) is 9.53 Å². The Morgan fingerprint density at radius 1 is 1.22 bits per heavy atom. The standard InChI is InChI=1S/C16H24O2/c1-4-6-12-18-16(17)15(13(3)5-2)14-10-8-7-9-11-14/h7-11,13,15H,4-6,12H2,1-3H3. The first-order chi connectivity index (χ1) is 8.70. The number of hydrogen-bond acceptors (Lipinski definition) is 2. The van der Waals surface area contributed by atoms with Crippen LogP contribution in [0.25, 0.3) is 0 Å². The minimum absolute atomic E-state index is 0.0796. The molecule has 2 nitrogen and oxygen atoms in total. The molecule has 0 amide bonds. The maximum atomic E-state index is 12.2. The quantitative estimate of drug-likeness (QED) is 0.535. The topological polar surface area (TPSA) is 26.3 Å². The molecule has 0 aliphatic rings. The third kappa shape index (κ3) is 4.17. The van der Waals surface area contributed by atoms with Crippen molar-refractivity contribution in [2.45, 2.75) is 46.0 Å². The van der Waals surface area contributed by atoms with Crippen LogP contribution >= 0.6 is 0 Å². The van der Waals surface area contributed by atoms with E-state index in [1.807, 2.05) is 30.3 Å². The number of carbonyl (C=O) groups is 1. The number of rotatable bonds is 7. The van der Waals surface area contributed by atoms with Crippen LogP contribution in [0, 0.1) is 5.92 Å². The average molecular weight is 248 g/mol. The lowest BCUT2D eigenvalue weighted by molar-refractivity contribution is -0.147. The highest BCUT2D eigenvalue weighted by atomic mass is 16.5. The third-order valence-electron chi connectivity index (χ3n) is 3.37. The van der Waals surface area contributed by atoms with Crippen LogP contribution in [0.1, 0.15) is 51.5 Å². The molecule has 2 unspecified atom stereocenters. The number of unbranched alkanes of at least 4 members (excludes halogenated alkanes) is 1. The average Bonchev–Trinajstić information content (AvgIpc) is 2.40. The summed E-state index contributed by atoms with van der Waals surface area (Å²) < 4.78 is 5.38. The van der Waals surface area contributed by atoms with E-state index >= 15 is 0 Å². The second kappa shape index (κ2) is 7.91. The molecule has 1 aromatic rings. The van der Waals surface area contributed by atoms with E-state index in [-0.39, 0.29) is 11.9 Å². The zero-order chi connectivity index (χ0) is 13.4. The molecule has 100 valence electrons. The van der Waals surface area contributed by atoms with Gasteiger partial charge in [-0.05, 0) is 17.9 Å². The molecule has 1 aromatic carbocycles. The van der Waals surface area contributed by atoms with Gasteiger partial charge in [0.05, 0.1) is 12.5 Å². The maximum Gasteiger partial charge on any atom is 0.313 e. The summed E-state index contributed by atoms with van der Waals surface area (Å²) in [4.78, 5) is 12.2. The Morgan fingerprint density at radius 2 is 1.89 bits per heavy atom. The zero-order valence-electron chi connectivity index (χ0n) is 11.7. The van der Waals surface area contributed by atoms with E-state index in [1.54, 1.807) is 0 Å². The van der Waals surface area contributed by atoms with Gasteiger partial charge in [-0.15, -0.1) is 0 Å². The van der Waals surface area contributed by atoms with Gasteiger partial charge in [0.15, 0.2) is 0 Å². The second-order valence-corrected chi connectivity index (χ2v) is 4.79. The molecule has 0 fully saturated rings. The predicted molar refractivity (Wildman–Crippen MR) is 74.5 cm³/mol. The fourth-order valence-corrected chi connectivity index (χ4v) is 2.00. The molecule has 0 saturated carbocycles. The smallest absolute Gasteiger partial charge is 0.313 e. The van der Waals surface area contributed by atoms with E-state index in [4.69, 9.17) is 4.74 Å². The van der Waals surface area contributed by atoms with E-state index in [0.29, 0.717) is 12.5 Å². The van der Waals surface area contributed by atoms with Gasteiger partial charge in [-0.25, -0.2) is 0 Å². The molecule has 0 aliphatic carbocycles. The van der Waals surface area contributed by atoms with Gasteiger partial charge in [0, 0.05) is 0 Å². The fourth-order valence-electron chi connectivity index (χ4n) is 2.00. The van der Waals surface area contributed by atoms with E-state index in [0.717, 1.165) is 24.8 Å². The Balaban J connectivity index is 2.76. The van der Waals surface area contributed by atoms with Gasteiger partial charge in [-0.1, -0.05) is 63.9 Å². The van der Waals surface area contributed by atoms with Crippen molar-refractivity contribution in [2.75, 3.05) is 6.61 Å². The van der Waals surface area contributed by atoms with Gasteiger partial charge in [-0.3, -0.25) is 4.79 Å². The lowest BCUT2D eigenvalue weighted by Crippen LogP contribution is -2.22. The van der Waals surface area contributed by atoms with Gasteiger partial charge >= 0.3 is 5.97 Å². The van der Waals surface area contributed by atoms with Gasteiger partial charge in [-0.2, -0.15) is 0 Å². The van der Waals surface area contributed by atoms with Crippen molar-refractivity contribution in [2.24, 2.45) is 5.92 Å². The molecule has 1 rings (SSSR count). The maximum absolute atomic E-state index is 12.2. The summed E-state index contributed by atoms with van der Waals surface area (Å²) in [7, 11) is 0. The van der Waals surface area contributed by atoms with Gasteiger partial charge in [0.2, 0.25) is 0 Å². The van der Waals surface area contributed by atoms with Gasteiger partial charge in [0.25, 0.3) is 0 Å². The molecule has 2 heteroatoms. The van der Waals surface area contributed by atoms with Crippen molar-refractivity contribution >= 4 is 5.97 Å². The van der Waals surface area contributed by atoms with Gasteiger partial charge < -0.3 is 4.74 Å². The van der Waals surface area contributed by atoms with Crippen molar-refractivity contribution < 1.29 is 9.53 Å². The molecule has 0 saturated heterocycles.